The summed E-state index contributed by atoms with van der Waals surface area (Å²) in [5, 5.41) is 13.0. The molecule has 6 nitrogen and oxygen atoms in total. The standard InChI is InChI=1S/C15H26N2O4/c1-3-14(19)17-11-5-6-12(17)8-10(7-11)16-13(18)9-15(20)21-4-2/h10-12,14,19H,3-9H2,1-2H3,(H,16,18). The maximum absolute atomic E-state index is 11.8. The molecular weight excluding hydrogens is 272 g/mol. The normalized spacial score (nSPS) is 30.0. The number of ether oxygens (including phenoxy) is 1. The lowest BCUT2D eigenvalue weighted by atomic mass is 9.96. The zero-order valence-corrected chi connectivity index (χ0v) is 12.9. The highest BCUT2D eigenvalue weighted by Gasteiger charge is 2.43. The lowest BCUT2D eigenvalue weighted by Crippen LogP contribution is -2.53. The summed E-state index contributed by atoms with van der Waals surface area (Å²) < 4.78 is 4.78. The summed E-state index contributed by atoms with van der Waals surface area (Å²) in [5.74, 6) is -0.737. The smallest absolute Gasteiger partial charge is 0.315 e. The van der Waals surface area contributed by atoms with Gasteiger partial charge in [-0.2, -0.15) is 0 Å². The Morgan fingerprint density at radius 3 is 2.43 bits per heavy atom. The van der Waals surface area contributed by atoms with Crippen molar-refractivity contribution >= 4 is 11.9 Å². The molecule has 3 unspecified atom stereocenters. The van der Waals surface area contributed by atoms with E-state index in [0.717, 1.165) is 32.1 Å². The molecule has 0 spiro atoms. The monoisotopic (exact) mass is 298 g/mol. The van der Waals surface area contributed by atoms with Crippen molar-refractivity contribution < 1.29 is 19.4 Å². The van der Waals surface area contributed by atoms with Crippen LogP contribution >= 0.6 is 0 Å². The molecule has 2 aliphatic heterocycles. The van der Waals surface area contributed by atoms with Gasteiger partial charge in [0.1, 0.15) is 12.6 Å². The van der Waals surface area contributed by atoms with Crippen LogP contribution in [0, 0.1) is 0 Å². The van der Waals surface area contributed by atoms with Crippen LogP contribution in [0.4, 0.5) is 0 Å². The highest BCUT2D eigenvalue weighted by Crippen LogP contribution is 2.37. The summed E-state index contributed by atoms with van der Waals surface area (Å²) in [6.07, 6.45) is 3.99. The van der Waals surface area contributed by atoms with Gasteiger partial charge in [-0.1, -0.05) is 6.92 Å². The van der Waals surface area contributed by atoms with Crippen molar-refractivity contribution in [1.29, 1.82) is 0 Å². The van der Waals surface area contributed by atoms with Crippen molar-refractivity contribution in [2.24, 2.45) is 0 Å². The Balaban J connectivity index is 1.83. The number of carbonyl (C=O) groups is 2. The molecule has 0 aliphatic carbocycles. The minimum absolute atomic E-state index is 0.102. The number of piperidine rings is 1. The topological polar surface area (TPSA) is 78.9 Å². The molecule has 2 saturated heterocycles. The average Bonchev–Trinajstić information content (AvgIpc) is 2.69. The zero-order valence-electron chi connectivity index (χ0n) is 12.9. The molecule has 0 aromatic carbocycles. The van der Waals surface area contributed by atoms with Crippen molar-refractivity contribution in [3.63, 3.8) is 0 Å². The molecule has 0 aromatic heterocycles. The van der Waals surface area contributed by atoms with Crippen LogP contribution in [0.3, 0.4) is 0 Å². The Bertz CT molecular complexity index is 374. The van der Waals surface area contributed by atoms with Crippen LogP contribution in [0.25, 0.3) is 0 Å². The van der Waals surface area contributed by atoms with Crippen LogP contribution < -0.4 is 5.32 Å². The number of nitrogens with zero attached hydrogens (tertiary/aromatic N) is 1. The summed E-state index contributed by atoms with van der Waals surface area (Å²) in [7, 11) is 0. The fourth-order valence-corrected chi connectivity index (χ4v) is 3.65. The van der Waals surface area contributed by atoms with Gasteiger partial charge in [-0.15, -0.1) is 0 Å². The van der Waals surface area contributed by atoms with E-state index in [-0.39, 0.29) is 24.6 Å². The van der Waals surface area contributed by atoms with Crippen LogP contribution in [-0.4, -0.2) is 52.8 Å². The quantitative estimate of drug-likeness (QED) is 0.559. The van der Waals surface area contributed by atoms with Crippen molar-refractivity contribution in [1.82, 2.24) is 10.2 Å². The van der Waals surface area contributed by atoms with Gasteiger partial charge in [0.15, 0.2) is 0 Å². The van der Waals surface area contributed by atoms with E-state index in [0.29, 0.717) is 18.7 Å². The second kappa shape index (κ2) is 7.22. The van der Waals surface area contributed by atoms with E-state index < -0.39 is 5.97 Å². The largest absolute Gasteiger partial charge is 0.466 e. The first-order valence-corrected chi connectivity index (χ1v) is 7.95. The number of amides is 1. The zero-order chi connectivity index (χ0) is 15.4. The molecule has 0 saturated carbocycles. The molecule has 1 amide bonds. The highest BCUT2D eigenvalue weighted by atomic mass is 16.5. The summed E-state index contributed by atoms with van der Waals surface area (Å²) in [6.45, 7) is 4.00. The number of esters is 1. The van der Waals surface area contributed by atoms with Crippen LogP contribution in [-0.2, 0) is 14.3 Å². The summed E-state index contributed by atoms with van der Waals surface area (Å²) in [4.78, 5) is 25.3. The summed E-state index contributed by atoms with van der Waals surface area (Å²) >= 11 is 0. The summed E-state index contributed by atoms with van der Waals surface area (Å²) in [6, 6.07) is 0.780. The van der Waals surface area contributed by atoms with E-state index in [2.05, 4.69) is 10.2 Å². The van der Waals surface area contributed by atoms with Gasteiger partial charge >= 0.3 is 5.97 Å². The number of aliphatic hydroxyl groups is 1. The van der Waals surface area contributed by atoms with Crippen molar-refractivity contribution in [2.45, 2.75) is 76.7 Å². The fraction of sp³-hybridized carbons (Fsp3) is 0.867. The molecule has 2 bridgehead atoms. The van der Waals surface area contributed by atoms with Crippen LogP contribution in [0.15, 0.2) is 0 Å². The molecule has 6 heteroatoms. The van der Waals surface area contributed by atoms with Gasteiger partial charge in [0.05, 0.1) is 6.61 Å². The molecule has 2 aliphatic rings. The van der Waals surface area contributed by atoms with Gasteiger partial charge in [0, 0.05) is 18.1 Å². The molecule has 3 atom stereocenters. The third-order valence-corrected chi connectivity index (χ3v) is 4.47. The van der Waals surface area contributed by atoms with E-state index in [4.69, 9.17) is 4.74 Å². The molecule has 0 radical (unpaired) electrons. The third kappa shape index (κ3) is 3.95. The van der Waals surface area contributed by atoms with Gasteiger partial charge in [0.25, 0.3) is 0 Å². The first-order chi connectivity index (χ1) is 10.0. The number of aliphatic hydroxyl groups excluding tert-OH is 1. The number of nitrogens with one attached hydrogen (secondary N) is 1. The lowest BCUT2D eigenvalue weighted by molar-refractivity contribution is -0.146. The van der Waals surface area contributed by atoms with Crippen molar-refractivity contribution in [3.05, 3.63) is 0 Å². The van der Waals surface area contributed by atoms with Gasteiger partial charge < -0.3 is 15.2 Å². The average molecular weight is 298 g/mol. The molecule has 2 N–H and O–H groups in total. The molecule has 2 rings (SSSR count). The Hall–Kier alpha value is -1.14. The number of rotatable bonds is 6. The fourth-order valence-electron chi connectivity index (χ4n) is 3.65. The SMILES string of the molecule is CCOC(=O)CC(=O)NC1CC2CCC(C1)N2C(O)CC. The molecule has 21 heavy (non-hydrogen) atoms. The first-order valence-electron chi connectivity index (χ1n) is 7.95. The van der Waals surface area contributed by atoms with Gasteiger partial charge in [0.2, 0.25) is 5.91 Å². The second-order valence-corrected chi connectivity index (χ2v) is 5.94. The van der Waals surface area contributed by atoms with E-state index in [1.165, 1.54) is 0 Å². The minimum atomic E-state index is -0.475. The van der Waals surface area contributed by atoms with E-state index >= 15 is 0 Å². The Kier molecular flexibility index (Phi) is 5.58. The molecular formula is C15H26N2O4. The van der Waals surface area contributed by atoms with Crippen molar-refractivity contribution in [3.8, 4) is 0 Å². The first kappa shape index (κ1) is 16.2. The van der Waals surface area contributed by atoms with Gasteiger partial charge in [-0.25, -0.2) is 0 Å². The predicted octanol–water partition coefficient (Wildman–Crippen LogP) is 0.780. The third-order valence-electron chi connectivity index (χ3n) is 4.47. The summed E-state index contributed by atoms with van der Waals surface area (Å²) in [5.41, 5.74) is 0. The van der Waals surface area contributed by atoms with Gasteiger partial charge in [-0.05, 0) is 39.0 Å². The number of hydrogen-bond acceptors (Lipinski definition) is 5. The lowest BCUT2D eigenvalue weighted by Gasteiger charge is -2.41. The van der Waals surface area contributed by atoms with Crippen LogP contribution in [0.1, 0.15) is 52.4 Å². The van der Waals surface area contributed by atoms with E-state index in [9.17, 15) is 14.7 Å². The Morgan fingerprint density at radius 2 is 1.90 bits per heavy atom. The van der Waals surface area contributed by atoms with E-state index in [1.54, 1.807) is 6.92 Å². The van der Waals surface area contributed by atoms with E-state index in [1.807, 2.05) is 6.92 Å². The van der Waals surface area contributed by atoms with Crippen LogP contribution in [0.2, 0.25) is 0 Å². The van der Waals surface area contributed by atoms with Crippen LogP contribution in [0.5, 0.6) is 0 Å². The van der Waals surface area contributed by atoms with Gasteiger partial charge in [-0.3, -0.25) is 14.5 Å². The Morgan fingerprint density at radius 1 is 1.29 bits per heavy atom. The second-order valence-electron chi connectivity index (χ2n) is 5.94. The predicted molar refractivity (Wildman–Crippen MR) is 77.4 cm³/mol. The molecule has 2 fully saturated rings. The Labute approximate surface area is 125 Å². The number of hydrogen-bond donors (Lipinski definition) is 2. The molecule has 2 heterocycles. The molecule has 0 aromatic rings. The maximum atomic E-state index is 11.8. The van der Waals surface area contributed by atoms with Crippen molar-refractivity contribution in [2.75, 3.05) is 6.61 Å². The highest BCUT2D eigenvalue weighted by molar-refractivity contribution is 5.94. The molecule has 120 valence electrons. The maximum Gasteiger partial charge on any atom is 0.315 e. The number of fused-ring (bicyclic) bond motifs is 2. The minimum Gasteiger partial charge on any atom is -0.466 e. The number of carbonyl (C=O) groups excluding carboxylic acids is 2.